The van der Waals surface area contributed by atoms with Crippen LogP contribution in [0.25, 0.3) is 11.0 Å². The summed E-state index contributed by atoms with van der Waals surface area (Å²) in [5, 5.41) is 11.0. The van der Waals surface area contributed by atoms with Crippen molar-refractivity contribution in [2.45, 2.75) is 51.0 Å². The Morgan fingerprint density at radius 3 is 2.52 bits per heavy atom. The van der Waals surface area contributed by atoms with Crippen molar-refractivity contribution in [3.05, 3.63) is 65.5 Å². The van der Waals surface area contributed by atoms with Gasteiger partial charge >= 0.3 is 0 Å². The molecule has 1 fully saturated rings. The van der Waals surface area contributed by atoms with E-state index in [2.05, 4.69) is 46.4 Å². The summed E-state index contributed by atoms with van der Waals surface area (Å²) in [5.74, 6) is 1.17. The second-order valence-electron chi connectivity index (χ2n) is 7.45. The fraction of sp³-hybridized carbons (Fsp3) is 0.409. The van der Waals surface area contributed by atoms with Gasteiger partial charge in [-0.1, -0.05) is 49.9 Å². The smallest absolute Gasteiger partial charge is 0.137 e. The number of fused-ring (bicyclic) bond motifs is 1. The SMILES string of the molecule is CC(O)c1ccc(C(CC2CCCC2)c2cc3cccnc3[nH]2)cc1. The number of nitrogens with zero attached hydrogens (tertiary/aromatic N) is 1. The molecule has 0 aliphatic heterocycles. The zero-order chi connectivity index (χ0) is 17.2. The van der Waals surface area contributed by atoms with Gasteiger partial charge in [0.1, 0.15) is 5.65 Å². The lowest BCUT2D eigenvalue weighted by Crippen LogP contribution is -2.08. The van der Waals surface area contributed by atoms with Crippen LogP contribution in [0.4, 0.5) is 0 Å². The molecule has 3 heteroatoms. The number of pyridine rings is 1. The molecular weight excluding hydrogens is 308 g/mol. The number of aromatic nitrogens is 2. The first-order valence-corrected chi connectivity index (χ1v) is 9.42. The van der Waals surface area contributed by atoms with Crippen LogP contribution in [0.2, 0.25) is 0 Å². The van der Waals surface area contributed by atoms with E-state index in [9.17, 15) is 5.11 Å². The minimum Gasteiger partial charge on any atom is -0.389 e. The highest BCUT2D eigenvalue weighted by atomic mass is 16.3. The summed E-state index contributed by atoms with van der Waals surface area (Å²) in [6.07, 6.45) is 8.03. The van der Waals surface area contributed by atoms with Crippen molar-refractivity contribution in [1.82, 2.24) is 9.97 Å². The van der Waals surface area contributed by atoms with Gasteiger partial charge in [-0.25, -0.2) is 4.98 Å². The van der Waals surface area contributed by atoms with Crippen LogP contribution in [-0.2, 0) is 0 Å². The van der Waals surface area contributed by atoms with Gasteiger partial charge in [0.2, 0.25) is 0 Å². The monoisotopic (exact) mass is 334 g/mol. The molecule has 2 N–H and O–H groups in total. The molecule has 25 heavy (non-hydrogen) atoms. The van der Waals surface area contributed by atoms with Crippen LogP contribution in [0.5, 0.6) is 0 Å². The van der Waals surface area contributed by atoms with E-state index in [0.717, 1.165) is 17.1 Å². The van der Waals surface area contributed by atoms with Gasteiger partial charge in [-0.15, -0.1) is 0 Å². The lowest BCUT2D eigenvalue weighted by atomic mass is 9.85. The number of benzene rings is 1. The zero-order valence-electron chi connectivity index (χ0n) is 14.8. The molecule has 1 aliphatic carbocycles. The first-order valence-electron chi connectivity index (χ1n) is 9.42. The van der Waals surface area contributed by atoms with Crippen LogP contribution in [0.1, 0.15) is 67.9 Å². The molecule has 2 aromatic heterocycles. The molecule has 0 amide bonds. The fourth-order valence-corrected chi connectivity index (χ4v) is 4.20. The first kappa shape index (κ1) is 16.3. The Morgan fingerprint density at radius 2 is 1.84 bits per heavy atom. The van der Waals surface area contributed by atoms with Crippen LogP contribution < -0.4 is 0 Å². The van der Waals surface area contributed by atoms with Gasteiger partial charge in [0, 0.05) is 23.2 Å². The number of nitrogens with one attached hydrogen (secondary N) is 1. The topological polar surface area (TPSA) is 48.9 Å². The number of hydrogen-bond acceptors (Lipinski definition) is 2. The Bertz CT molecular complexity index is 796. The van der Waals surface area contributed by atoms with Crippen molar-refractivity contribution >= 4 is 11.0 Å². The number of aliphatic hydroxyl groups is 1. The number of hydrogen-bond donors (Lipinski definition) is 2. The van der Waals surface area contributed by atoms with Crippen molar-refractivity contribution in [1.29, 1.82) is 0 Å². The van der Waals surface area contributed by atoms with E-state index in [4.69, 9.17) is 0 Å². The molecule has 3 aromatic rings. The highest BCUT2D eigenvalue weighted by Crippen LogP contribution is 2.38. The largest absolute Gasteiger partial charge is 0.389 e. The normalized spacial score (nSPS) is 17.8. The second kappa shape index (κ2) is 7.01. The molecule has 130 valence electrons. The molecular formula is C22H26N2O. The van der Waals surface area contributed by atoms with Crippen LogP contribution >= 0.6 is 0 Å². The lowest BCUT2D eigenvalue weighted by molar-refractivity contribution is 0.199. The van der Waals surface area contributed by atoms with E-state index >= 15 is 0 Å². The predicted molar refractivity (Wildman–Crippen MR) is 102 cm³/mol. The molecule has 0 spiro atoms. The number of aliphatic hydroxyl groups excluding tert-OH is 1. The maximum Gasteiger partial charge on any atom is 0.137 e. The van der Waals surface area contributed by atoms with E-state index < -0.39 is 6.10 Å². The van der Waals surface area contributed by atoms with Crippen molar-refractivity contribution in [3.8, 4) is 0 Å². The Balaban J connectivity index is 1.69. The van der Waals surface area contributed by atoms with Crippen molar-refractivity contribution in [2.24, 2.45) is 5.92 Å². The summed E-state index contributed by atoms with van der Waals surface area (Å²) >= 11 is 0. The van der Waals surface area contributed by atoms with Gasteiger partial charge in [-0.3, -0.25) is 0 Å². The molecule has 2 atom stereocenters. The molecule has 0 saturated heterocycles. The predicted octanol–water partition coefficient (Wildman–Crippen LogP) is 5.33. The number of H-pyrrole nitrogens is 1. The third-order valence-corrected chi connectivity index (χ3v) is 5.65. The number of aromatic amines is 1. The van der Waals surface area contributed by atoms with Gasteiger partial charge in [0.05, 0.1) is 6.10 Å². The molecule has 0 radical (unpaired) electrons. The summed E-state index contributed by atoms with van der Waals surface area (Å²) < 4.78 is 0. The molecule has 2 unspecified atom stereocenters. The van der Waals surface area contributed by atoms with Crippen LogP contribution in [0, 0.1) is 5.92 Å². The standard InChI is InChI=1S/C22H26N2O/c1-15(25)17-8-10-18(11-9-17)20(13-16-5-2-3-6-16)21-14-19-7-4-12-23-22(19)24-21/h4,7-12,14-16,20,25H,2-3,5-6,13H2,1H3,(H,23,24). The van der Waals surface area contributed by atoms with Crippen LogP contribution in [0.3, 0.4) is 0 Å². The van der Waals surface area contributed by atoms with Gasteiger partial charge < -0.3 is 10.1 Å². The summed E-state index contributed by atoms with van der Waals surface area (Å²) in [5.41, 5.74) is 4.52. The minimum atomic E-state index is -0.417. The Labute approximate surface area is 149 Å². The first-order chi connectivity index (χ1) is 12.2. The molecule has 2 heterocycles. The lowest BCUT2D eigenvalue weighted by Gasteiger charge is -2.21. The van der Waals surface area contributed by atoms with E-state index in [-0.39, 0.29) is 0 Å². The molecule has 1 aromatic carbocycles. The molecule has 1 aliphatic rings. The quantitative estimate of drug-likeness (QED) is 0.662. The maximum atomic E-state index is 9.78. The summed E-state index contributed by atoms with van der Waals surface area (Å²) in [6.45, 7) is 1.81. The van der Waals surface area contributed by atoms with E-state index in [0.29, 0.717) is 5.92 Å². The zero-order valence-corrected chi connectivity index (χ0v) is 14.8. The van der Waals surface area contributed by atoms with Gasteiger partial charge in [-0.05, 0) is 48.6 Å². The van der Waals surface area contributed by atoms with Gasteiger partial charge in [0.25, 0.3) is 0 Å². The number of rotatable bonds is 5. The van der Waals surface area contributed by atoms with Crippen LogP contribution in [0.15, 0.2) is 48.7 Å². The van der Waals surface area contributed by atoms with E-state index in [1.54, 1.807) is 0 Å². The van der Waals surface area contributed by atoms with E-state index in [1.165, 1.54) is 48.7 Å². The molecule has 3 nitrogen and oxygen atoms in total. The highest BCUT2D eigenvalue weighted by Gasteiger charge is 2.24. The Morgan fingerprint density at radius 1 is 1.12 bits per heavy atom. The molecule has 4 rings (SSSR count). The van der Waals surface area contributed by atoms with Crippen molar-refractivity contribution in [2.75, 3.05) is 0 Å². The average Bonchev–Trinajstić information content (AvgIpc) is 3.29. The van der Waals surface area contributed by atoms with Gasteiger partial charge in [-0.2, -0.15) is 0 Å². The van der Waals surface area contributed by atoms with Crippen LogP contribution in [-0.4, -0.2) is 15.1 Å². The second-order valence-corrected chi connectivity index (χ2v) is 7.45. The molecule has 0 bridgehead atoms. The Hall–Kier alpha value is -2.13. The fourth-order valence-electron chi connectivity index (χ4n) is 4.20. The average molecular weight is 334 g/mol. The van der Waals surface area contributed by atoms with Gasteiger partial charge in [0.15, 0.2) is 0 Å². The third kappa shape index (κ3) is 3.47. The third-order valence-electron chi connectivity index (χ3n) is 5.65. The Kier molecular flexibility index (Phi) is 4.58. The molecule has 1 saturated carbocycles. The highest BCUT2D eigenvalue weighted by molar-refractivity contribution is 5.76. The van der Waals surface area contributed by atoms with Crippen molar-refractivity contribution in [3.63, 3.8) is 0 Å². The van der Waals surface area contributed by atoms with E-state index in [1.807, 2.05) is 19.2 Å². The summed E-state index contributed by atoms with van der Waals surface area (Å²) in [4.78, 5) is 8.00. The minimum absolute atomic E-state index is 0.361. The van der Waals surface area contributed by atoms with Crippen molar-refractivity contribution < 1.29 is 5.11 Å². The summed E-state index contributed by atoms with van der Waals surface area (Å²) in [7, 11) is 0. The maximum absolute atomic E-state index is 9.78. The summed E-state index contributed by atoms with van der Waals surface area (Å²) in [6, 6.07) is 14.8.